The Hall–Kier alpha value is -0.870. The van der Waals surface area contributed by atoms with Gasteiger partial charge in [-0.15, -0.1) is 0 Å². The highest BCUT2D eigenvalue weighted by molar-refractivity contribution is 4.78. The minimum Gasteiger partial charge on any atom is -0.330 e. The maximum atomic E-state index is 5.39. The first-order chi connectivity index (χ1) is 6.33. The van der Waals surface area contributed by atoms with E-state index in [1.165, 1.54) is 0 Å². The molecule has 0 spiro atoms. The smallest absolute Gasteiger partial charge is 0.0559 e. The van der Waals surface area contributed by atoms with Crippen molar-refractivity contribution in [2.45, 2.75) is 25.9 Å². The third-order valence-electron chi connectivity index (χ3n) is 1.89. The SMILES string of the molecule is CC(Cn1cccn1)NCCCN. The van der Waals surface area contributed by atoms with Crippen molar-refractivity contribution in [3.8, 4) is 0 Å². The molecule has 1 heterocycles. The van der Waals surface area contributed by atoms with Crippen LogP contribution in [0, 0.1) is 0 Å². The topological polar surface area (TPSA) is 55.9 Å². The molecule has 4 heteroatoms. The molecule has 13 heavy (non-hydrogen) atoms. The van der Waals surface area contributed by atoms with Crippen molar-refractivity contribution in [2.75, 3.05) is 13.1 Å². The highest BCUT2D eigenvalue weighted by Gasteiger charge is 2.00. The van der Waals surface area contributed by atoms with Crippen molar-refractivity contribution in [1.29, 1.82) is 0 Å². The number of hydrogen-bond acceptors (Lipinski definition) is 3. The second-order valence-corrected chi connectivity index (χ2v) is 3.23. The Kier molecular flexibility index (Phi) is 4.49. The zero-order valence-corrected chi connectivity index (χ0v) is 8.11. The third-order valence-corrected chi connectivity index (χ3v) is 1.89. The van der Waals surface area contributed by atoms with Crippen LogP contribution in [0.1, 0.15) is 13.3 Å². The fourth-order valence-corrected chi connectivity index (χ4v) is 1.20. The highest BCUT2D eigenvalue weighted by atomic mass is 15.3. The van der Waals surface area contributed by atoms with Crippen LogP contribution in [-0.4, -0.2) is 28.9 Å². The molecule has 0 fully saturated rings. The van der Waals surface area contributed by atoms with Gasteiger partial charge in [-0.05, 0) is 32.5 Å². The quantitative estimate of drug-likeness (QED) is 0.618. The third kappa shape index (κ3) is 4.05. The number of hydrogen-bond donors (Lipinski definition) is 2. The van der Waals surface area contributed by atoms with Gasteiger partial charge in [-0.25, -0.2) is 0 Å². The molecule has 0 saturated heterocycles. The molecule has 1 atom stereocenters. The standard InChI is InChI=1S/C9H18N4/c1-9(11-5-2-4-10)8-13-7-3-6-12-13/h3,6-7,9,11H,2,4-5,8,10H2,1H3. The normalized spacial score (nSPS) is 13.1. The van der Waals surface area contributed by atoms with Crippen LogP contribution in [0.2, 0.25) is 0 Å². The number of rotatable bonds is 6. The molecule has 4 nitrogen and oxygen atoms in total. The van der Waals surface area contributed by atoms with E-state index in [1.807, 2.05) is 16.9 Å². The Labute approximate surface area is 79.1 Å². The molecule has 1 rings (SSSR count). The molecule has 0 aliphatic heterocycles. The summed E-state index contributed by atoms with van der Waals surface area (Å²) in [6.07, 6.45) is 4.80. The molecule has 0 aliphatic carbocycles. The summed E-state index contributed by atoms with van der Waals surface area (Å²) < 4.78 is 1.93. The van der Waals surface area contributed by atoms with Gasteiger partial charge in [0, 0.05) is 18.4 Å². The summed E-state index contributed by atoms with van der Waals surface area (Å²) in [5.41, 5.74) is 5.39. The van der Waals surface area contributed by atoms with E-state index in [-0.39, 0.29) is 0 Å². The Morgan fingerprint density at radius 2 is 2.46 bits per heavy atom. The van der Waals surface area contributed by atoms with Crippen molar-refractivity contribution < 1.29 is 0 Å². The zero-order chi connectivity index (χ0) is 9.52. The Morgan fingerprint density at radius 1 is 1.62 bits per heavy atom. The first kappa shape index (κ1) is 10.2. The van der Waals surface area contributed by atoms with E-state index in [0.717, 1.165) is 26.1 Å². The minimum atomic E-state index is 0.450. The van der Waals surface area contributed by atoms with Crippen LogP contribution < -0.4 is 11.1 Å². The van der Waals surface area contributed by atoms with Crippen LogP contribution in [0.25, 0.3) is 0 Å². The van der Waals surface area contributed by atoms with Crippen molar-refractivity contribution in [1.82, 2.24) is 15.1 Å². The first-order valence-electron chi connectivity index (χ1n) is 4.74. The van der Waals surface area contributed by atoms with E-state index in [2.05, 4.69) is 17.3 Å². The number of nitrogens with zero attached hydrogens (tertiary/aromatic N) is 2. The van der Waals surface area contributed by atoms with E-state index in [9.17, 15) is 0 Å². The van der Waals surface area contributed by atoms with Crippen LogP contribution >= 0.6 is 0 Å². The second kappa shape index (κ2) is 5.72. The van der Waals surface area contributed by atoms with Crippen LogP contribution in [0.15, 0.2) is 18.5 Å². The molecular weight excluding hydrogens is 164 g/mol. The van der Waals surface area contributed by atoms with Gasteiger partial charge in [-0.3, -0.25) is 4.68 Å². The van der Waals surface area contributed by atoms with Gasteiger partial charge in [-0.2, -0.15) is 5.10 Å². The van der Waals surface area contributed by atoms with Crippen LogP contribution in [-0.2, 0) is 6.54 Å². The van der Waals surface area contributed by atoms with Gasteiger partial charge in [0.05, 0.1) is 6.54 Å². The van der Waals surface area contributed by atoms with Gasteiger partial charge in [0.2, 0.25) is 0 Å². The lowest BCUT2D eigenvalue weighted by Crippen LogP contribution is -2.32. The summed E-state index contributed by atoms with van der Waals surface area (Å²) in [7, 11) is 0. The maximum absolute atomic E-state index is 5.39. The van der Waals surface area contributed by atoms with Crippen molar-refractivity contribution >= 4 is 0 Å². The molecule has 1 unspecified atom stereocenters. The molecule has 0 radical (unpaired) electrons. The molecular formula is C9H18N4. The minimum absolute atomic E-state index is 0.450. The van der Waals surface area contributed by atoms with Crippen LogP contribution in [0.3, 0.4) is 0 Å². The molecule has 0 saturated carbocycles. The summed E-state index contributed by atoms with van der Waals surface area (Å²) in [6.45, 7) is 4.80. The fourth-order valence-electron chi connectivity index (χ4n) is 1.20. The molecule has 0 aromatic carbocycles. The lowest BCUT2D eigenvalue weighted by Gasteiger charge is -2.13. The van der Waals surface area contributed by atoms with Gasteiger partial charge < -0.3 is 11.1 Å². The maximum Gasteiger partial charge on any atom is 0.0559 e. The summed E-state index contributed by atoms with van der Waals surface area (Å²) in [5, 5.41) is 7.52. The van der Waals surface area contributed by atoms with E-state index in [4.69, 9.17) is 5.73 Å². The molecule has 3 N–H and O–H groups in total. The summed E-state index contributed by atoms with van der Waals surface area (Å²) in [4.78, 5) is 0. The lowest BCUT2D eigenvalue weighted by atomic mass is 10.3. The second-order valence-electron chi connectivity index (χ2n) is 3.23. The monoisotopic (exact) mass is 182 g/mol. The number of nitrogens with two attached hydrogens (primary N) is 1. The average molecular weight is 182 g/mol. The average Bonchev–Trinajstić information content (AvgIpc) is 2.57. The number of nitrogens with one attached hydrogen (secondary N) is 1. The van der Waals surface area contributed by atoms with Crippen LogP contribution in [0.5, 0.6) is 0 Å². The molecule has 0 bridgehead atoms. The summed E-state index contributed by atoms with van der Waals surface area (Å²) in [6, 6.07) is 2.39. The predicted molar refractivity (Wildman–Crippen MR) is 53.4 cm³/mol. The van der Waals surface area contributed by atoms with E-state index < -0.39 is 0 Å². The van der Waals surface area contributed by atoms with Crippen molar-refractivity contribution in [2.24, 2.45) is 5.73 Å². The summed E-state index contributed by atoms with van der Waals surface area (Å²) >= 11 is 0. The van der Waals surface area contributed by atoms with Gasteiger partial charge in [0.25, 0.3) is 0 Å². The van der Waals surface area contributed by atoms with Gasteiger partial charge in [0.15, 0.2) is 0 Å². The molecule has 1 aromatic heterocycles. The Morgan fingerprint density at radius 3 is 3.08 bits per heavy atom. The fraction of sp³-hybridized carbons (Fsp3) is 0.667. The van der Waals surface area contributed by atoms with Crippen molar-refractivity contribution in [3.05, 3.63) is 18.5 Å². The lowest BCUT2D eigenvalue weighted by molar-refractivity contribution is 0.449. The Balaban J connectivity index is 2.14. The van der Waals surface area contributed by atoms with Gasteiger partial charge in [-0.1, -0.05) is 0 Å². The van der Waals surface area contributed by atoms with E-state index in [1.54, 1.807) is 6.20 Å². The predicted octanol–water partition coefficient (Wildman–Crippen LogP) is 0.210. The Bertz CT molecular complexity index is 207. The molecule has 0 aliphatic rings. The van der Waals surface area contributed by atoms with Crippen molar-refractivity contribution in [3.63, 3.8) is 0 Å². The van der Waals surface area contributed by atoms with E-state index in [0.29, 0.717) is 6.04 Å². The molecule has 1 aromatic rings. The van der Waals surface area contributed by atoms with Gasteiger partial charge in [0.1, 0.15) is 0 Å². The summed E-state index contributed by atoms with van der Waals surface area (Å²) in [5.74, 6) is 0. The largest absolute Gasteiger partial charge is 0.330 e. The van der Waals surface area contributed by atoms with Gasteiger partial charge >= 0.3 is 0 Å². The number of aromatic nitrogens is 2. The first-order valence-corrected chi connectivity index (χ1v) is 4.74. The molecule has 0 amide bonds. The molecule has 74 valence electrons. The zero-order valence-electron chi connectivity index (χ0n) is 8.11. The van der Waals surface area contributed by atoms with Crippen LogP contribution in [0.4, 0.5) is 0 Å². The highest BCUT2D eigenvalue weighted by Crippen LogP contribution is 1.90. The van der Waals surface area contributed by atoms with E-state index >= 15 is 0 Å².